The summed E-state index contributed by atoms with van der Waals surface area (Å²) in [7, 11) is 1.86. The number of aromatic nitrogens is 3. The summed E-state index contributed by atoms with van der Waals surface area (Å²) >= 11 is 0. The molecule has 0 atom stereocenters. The number of carbonyl (C=O) groups excluding carboxylic acids is 1. The molecule has 1 aliphatic rings. The molecule has 2 aromatic rings. The van der Waals surface area contributed by atoms with Crippen LogP contribution in [-0.4, -0.2) is 20.7 Å². The molecule has 0 spiro atoms. The van der Waals surface area contributed by atoms with Crippen LogP contribution in [0, 0.1) is 0 Å². The van der Waals surface area contributed by atoms with Crippen molar-refractivity contribution in [1.29, 1.82) is 0 Å². The number of amides is 1. The Labute approximate surface area is 98.5 Å². The highest BCUT2D eigenvalue weighted by Crippen LogP contribution is 2.27. The van der Waals surface area contributed by atoms with Crippen molar-refractivity contribution in [2.75, 3.05) is 5.32 Å². The quantitative estimate of drug-likeness (QED) is 0.801. The minimum absolute atomic E-state index is 0.0870. The summed E-state index contributed by atoms with van der Waals surface area (Å²) in [6.45, 7) is 0. The minimum Gasteiger partial charge on any atom is -0.326 e. The molecule has 0 unspecified atom stereocenters. The van der Waals surface area contributed by atoms with Crippen molar-refractivity contribution >= 4 is 11.6 Å². The van der Waals surface area contributed by atoms with Crippen LogP contribution >= 0.6 is 0 Å². The second-order valence-corrected chi connectivity index (χ2v) is 4.13. The van der Waals surface area contributed by atoms with Gasteiger partial charge in [0.25, 0.3) is 0 Å². The van der Waals surface area contributed by atoms with Crippen molar-refractivity contribution in [1.82, 2.24) is 14.8 Å². The van der Waals surface area contributed by atoms with Gasteiger partial charge in [-0.2, -0.15) is 5.10 Å². The van der Waals surface area contributed by atoms with E-state index in [-0.39, 0.29) is 5.91 Å². The summed E-state index contributed by atoms with van der Waals surface area (Å²) in [4.78, 5) is 15.5. The van der Waals surface area contributed by atoms with Gasteiger partial charge in [0, 0.05) is 24.7 Å². The summed E-state index contributed by atoms with van der Waals surface area (Å²) < 4.78 is 1.74. The summed E-state index contributed by atoms with van der Waals surface area (Å²) in [5.41, 5.74) is 3.09. The van der Waals surface area contributed by atoms with Crippen LogP contribution in [0.1, 0.15) is 12.0 Å². The molecule has 0 aliphatic carbocycles. The molecule has 1 aromatic heterocycles. The first-order valence-electron chi connectivity index (χ1n) is 5.51. The third-order valence-electron chi connectivity index (χ3n) is 2.97. The third-order valence-corrected chi connectivity index (χ3v) is 2.97. The standard InChI is InChI=1S/C12H12N4O/c1-16-12(13-7-14-16)9-2-4-10-8(6-9)3-5-11(17)15-10/h2,4,6-7H,3,5H2,1H3,(H,15,17). The van der Waals surface area contributed by atoms with Gasteiger partial charge < -0.3 is 5.32 Å². The van der Waals surface area contributed by atoms with E-state index in [9.17, 15) is 4.79 Å². The first-order chi connectivity index (χ1) is 8.24. The lowest BCUT2D eigenvalue weighted by atomic mass is 10.0. The maximum absolute atomic E-state index is 11.3. The smallest absolute Gasteiger partial charge is 0.224 e. The largest absolute Gasteiger partial charge is 0.326 e. The van der Waals surface area contributed by atoms with Gasteiger partial charge in [-0.05, 0) is 30.2 Å². The molecule has 2 heterocycles. The Morgan fingerprint density at radius 2 is 2.24 bits per heavy atom. The summed E-state index contributed by atoms with van der Waals surface area (Å²) in [6.07, 6.45) is 2.87. The van der Waals surface area contributed by atoms with Gasteiger partial charge in [0.1, 0.15) is 6.33 Å². The number of nitrogens with zero attached hydrogens (tertiary/aromatic N) is 3. The Kier molecular flexibility index (Phi) is 2.18. The van der Waals surface area contributed by atoms with E-state index in [0.717, 1.165) is 29.1 Å². The lowest BCUT2D eigenvalue weighted by molar-refractivity contribution is -0.116. The van der Waals surface area contributed by atoms with Crippen molar-refractivity contribution in [3.8, 4) is 11.4 Å². The molecule has 0 fully saturated rings. The number of nitrogens with one attached hydrogen (secondary N) is 1. The summed E-state index contributed by atoms with van der Waals surface area (Å²) in [5, 5.41) is 6.92. The lowest BCUT2D eigenvalue weighted by Gasteiger charge is -2.17. The highest BCUT2D eigenvalue weighted by Gasteiger charge is 2.16. The van der Waals surface area contributed by atoms with Gasteiger partial charge in [0.15, 0.2) is 5.82 Å². The van der Waals surface area contributed by atoms with Crippen molar-refractivity contribution in [3.63, 3.8) is 0 Å². The predicted molar refractivity (Wildman–Crippen MR) is 63.4 cm³/mol. The lowest BCUT2D eigenvalue weighted by Crippen LogP contribution is -2.18. The van der Waals surface area contributed by atoms with E-state index in [2.05, 4.69) is 21.5 Å². The fourth-order valence-corrected chi connectivity index (χ4v) is 2.08. The van der Waals surface area contributed by atoms with Crippen LogP contribution in [0.5, 0.6) is 0 Å². The molecule has 5 nitrogen and oxygen atoms in total. The number of hydrogen-bond acceptors (Lipinski definition) is 3. The van der Waals surface area contributed by atoms with Crippen LogP contribution in [0.15, 0.2) is 24.5 Å². The van der Waals surface area contributed by atoms with E-state index in [1.165, 1.54) is 6.33 Å². The van der Waals surface area contributed by atoms with Crippen molar-refractivity contribution in [2.24, 2.45) is 7.05 Å². The Balaban J connectivity index is 2.05. The maximum Gasteiger partial charge on any atom is 0.224 e. The Bertz CT molecular complexity index is 588. The molecular formula is C12H12N4O. The molecule has 0 radical (unpaired) electrons. The van der Waals surface area contributed by atoms with E-state index in [1.807, 2.05) is 19.2 Å². The van der Waals surface area contributed by atoms with Crippen LogP contribution in [0.4, 0.5) is 5.69 Å². The number of anilines is 1. The maximum atomic E-state index is 11.3. The van der Waals surface area contributed by atoms with Crippen molar-refractivity contribution in [3.05, 3.63) is 30.1 Å². The van der Waals surface area contributed by atoms with Crippen LogP contribution in [-0.2, 0) is 18.3 Å². The highest BCUT2D eigenvalue weighted by molar-refractivity contribution is 5.94. The van der Waals surface area contributed by atoms with E-state index in [4.69, 9.17) is 0 Å². The number of hydrogen-bond donors (Lipinski definition) is 1. The van der Waals surface area contributed by atoms with Gasteiger partial charge in [0.2, 0.25) is 5.91 Å². The molecule has 0 saturated carbocycles. The zero-order valence-corrected chi connectivity index (χ0v) is 9.47. The van der Waals surface area contributed by atoms with E-state index < -0.39 is 0 Å². The average Bonchev–Trinajstić information content (AvgIpc) is 2.75. The minimum atomic E-state index is 0.0870. The topological polar surface area (TPSA) is 59.8 Å². The third kappa shape index (κ3) is 1.69. The highest BCUT2D eigenvalue weighted by atomic mass is 16.1. The SMILES string of the molecule is Cn1ncnc1-c1ccc2c(c1)CCC(=O)N2. The van der Waals surface area contributed by atoms with Gasteiger partial charge in [-0.1, -0.05) is 0 Å². The number of rotatable bonds is 1. The zero-order valence-electron chi connectivity index (χ0n) is 9.47. The number of aryl methyl sites for hydroxylation is 2. The monoisotopic (exact) mass is 228 g/mol. The van der Waals surface area contributed by atoms with Gasteiger partial charge >= 0.3 is 0 Å². The fourth-order valence-electron chi connectivity index (χ4n) is 2.08. The number of benzene rings is 1. The van der Waals surface area contributed by atoms with Crippen LogP contribution in [0.25, 0.3) is 11.4 Å². The molecule has 1 amide bonds. The number of fused-ring (bicyclic) bond motifs is 1. The summed E-state index contributed by atoms with van der Waals surface area (Å²) in [6, 6.07) is 5.95. The molecule has 5 heteroatoms. The zero-order chi connectivity index (χ0) is 11.8. The van der Waals surface area contributed by atoms with Crippen LogP contribution in [0.3, 0.4) is 0 Å². The summed E-state index contributed by atoms with van der Waals surface area (Å²) in [5.74, 6) is 0.925. The fraction of sp³-hybridized carbons (Fsp3) is 0.250. The van der Waals surface area contributed by atoms with E-state index in [1.54, 1.807) is 4.68 Å². The Morgan fingerprint density at radius 3 is 3.00 bits per heavy atom. The molecule has 1 N–H and O–H groups in total. The first kappa shape index (κ1) is 10.0. The van der Waals surface area contributed by atoms with Crippen molar-refractivity contribution < 1.29 is 4.79 Å². The van der Waals surface area contributed by atoms with Gasteiger partial charge in [-0.3, -0.25) is 4.79 Å². The van der Waals surface area contributed by atoms with Crippen LogP contribution in [0.2, 0.25) is 0 Å². The van der Waals surface area contributed by atoms with E-state index in [0.29, 0.717) is 6.42 Å². The molecule has 3 rings (SSSR count). The van der Waals surface area contributed by atoms with Crippen LogP contribution < -0.4 is 5.32 Å². The second kappa shape index (κ2) is 3.69. The molecule has 1 aliphatic heterocycles. The van der Waals surface area contributed by atoms with Gasteiger partial charge in [0.05, 0.1) is 0 Å². The normalized spacial score (nSPS) is 14.3. The van der Waals surface area contributed by atoms with Gasteiger partial charge in [-0.25, -0.2) is 9.67 Å². The average molecular weight is 228 g/mol. The molecule has 0 saturated heterocycles. The number of carbonyl (C=O) groups is 1. The predicted octanol–water partition coefficient (Wildman–Crippen LogP) is 1.37. The molecule has 0 bridgehead atoms. The van der Waals surface area contributed by atoms with Gasteiger partial charge in [-0.15, -0.1) is 0 Å². The van der Waals surface area contributed by atoms with Crippen molar-refractivity contribution in [2.45, 2.75) is 12.8 Å². The Hall–Kier alpha value is -2.17. The molecular weight excluding hydrogens is 216 g/mol. The second-order valence-electron chi connectivity index (χ2n) is 4.13. The molecule has 17 heavy (non-hydrogen) atoms. The Morgan fingerprint density at radius 1 is 1.35 bits per heavy atom. The molecule has 86 valence electrons. The van der Waals surface area contributed by atoms with E-state index >= 15 is 0 Å². The molecule has 1 aromatic carbocycles. The first-order valence-corrected chi connectivity index (χ1v) is 5.51.